The van der Waals surface area contributed by atoms with Crippen LogP contribution in [0.1, 0.15) is 36.3 Å². The smallest absolute Gasteiger partial charge is 0.307 e. The Morgan fingerprint density at radius 1 is 1.33 bits per heavy atom. The molecule has 0 spiro atoms. The van der Waals surface area contributed by atoms with Crippen LogP contribution >= 0.6 is 23.1 Å². The second-order valence-corrected chi connectivity index (χ2v) is 7.04. The van der Waals surface area contributed by atoms with Gasteiger partial charge in [0.2, 0.25) is 0 Å². The van der Waals surface area contributed by atoms with E-state index >= 15 is 0 Å². The van der Waals surface area contributed by atoms with Crippen molar-refractivity contribution in [3.8, 4) is 0 Å². The first kappa shape index (κ1) is 18.5. The Kier molecular flexibility index (Phi) is 7.27. The zero-order valence-electron chi connectivity index (χ0n) is 13.7. The Hall–Kier alpha value is -1.86. The normalized spacial score (nSPS) is 10.6. The van der Waals surface area contributed by atoms with Gasteiger partial charge in [0, 0.05) is 22.6 Å². The Balaban J connectivity index is 1.88. The number of benzene rings is 1. The van der Waals surface area contributed by atoms with E-state index < -0.39 is 0 Å². The van der Waals surface area contributed by atoms with E-state index in [4.69, 9.17) is 4.74 Å². The quantitative estimate of drug-likeness (QED) is 0.573. The van der Waals surface area contributed by atoms with Gasteiger partial charge in [-0.1, -0.05) is 12.1 Å². The van der Waals surface area contributed by atoms with E-state index in [-0.39, 0.29) is 30.9 Å². The molecule has 0 saturated carbocycles. The third kappa shape index (κ3) is 5.98. The highest BCUT2D eigenvalue weighted by Gasteiger charge is 2.12. The van der Waals surface area contributed by atoms with Gasteiger partial charge in [-0.3, -0.25) is 9.59 Å². The zero-order valence-corrected chi connectivity index (χ0v) is 15.3. The molecule has 1 aromatic carbocycles. The number of thioether (sulfide) groups is 1. The maximum atomic E-state index is 12.3. The molecule has 128 valence electrons. The molecule has 0 unspecified atom stereocenters. The molecule has 1 aromatic heterocycles. The van der Waals surface area contributed by atoms with Crippen LogP contribution in [0, 0.1) is 0 Å². The molecule has 0 atom stereocenters. The second kappa shape index (κ2) is 9.44. The zero-order chi connectivity index (χ0) is 17.4. The lowest BCUT2D eigenvalue weighted by molar-refractivity contribution is -0.147. The molecule has 0 aliphatic carbocycles. The molecular formula is C17H20N2O3S2. The van der Waals surface area contributed by atoms with Crippen LogP contribution < -0.4 is 5.32 Å². The number of amides is 1. The number of ether oxygens (including phenoxy) is 1. The maximum Gasteiger partial charge on any atom is 0.307 e. The molecule has 0 aliphatic heterocycles. The summed E-state index contributed by atoms with van der Waals surface area (Å²) < 4.78 is 5.04. The van der Waals surface area contributed by atoms with Crippen molar-refractivity contribution >= 4 is 35.0 Å². The van der Waals surface area contributed by atoms with Crippen LogP contribution in [0.4, 0.5) is 0 Å². The van der Waals surface area contributed by atoms with E-state index in [1.807, 2.05) is 23.6 Å². The topological polar surface area (TPSA) is 68.3 Å². The fourth-order valence-electron chi connectivity index (χ4n) is 1.94. The summed E-state index contributed by atoms with van der Waals surface area (Å²) >= 11 is 3.13. The van der Waals surface area contributed by atoms with Crippen molar-refractivity contribution in [2.45, 2.75) is 37.0 Å². The SMILES string of the molecule is CC(C)OC(=O)CCNC(=O)c1ccccc1SCc1cscn1. The maximum absolute atomic E-state index is 12.3. The van der Waals surface area contributed by atoms with E-state index in [1.165, 1.54) is 0 Å². The van der Waals surface area contributed by atoms with Crippen LogP contribution in [-0.2, 0) is 15.3 Å². The van der Waals surface area contributed by atoms with Gasteiger partial charge in [0.1, 0.15) is 0 Å². The third-order valence-electron chi connectivity index (χ3n) is 2.97. The van der Waals surface area contributed by atoms with Gasteiger partial charge >= 0.3 is 5.97 Å². The van der Waals surface area contributed by atoms with Gasteiger partial charge in [-0.05, 0) is 26.0 Å². The van der Waals surface area contributed by atoms with E-state index in [1.54, 1.807) is 48.5 Å². The number of esters is 1. The number of nitrogens with one attached hydrogen (secondary N) is 1. The summed E-state index contributed by atoms with van der Waals surface area (Å²) in [6.07, 6.45) is 0.0222. The average Bonchev–Trinajstić information content (AvgIpc) is 3.05. The van der Waals surface area contributed by atoms with Crippen molar-refractivity contribution < 1.29 is 14.3 Å². The fourth-order valence-corrected chi connectivity index (χ4v) is 3.55. The largest absolute Gasteiger partial charge is 0.463 e. The summed E-state index contributed by atoms with van der Waals surface area (Å²) in [4.78, 5) is 29.0. The number of thiazole rings is 1. The van der Waals surface area contributed by atoms with Crippen LogP contribution in [0.5, 0.6) is 0 Å². The lowest BCUT2D eigenvalue weighted by atomic mass is 10.2. The first-order chi connectivity index (χ1) is 11.6. The fraction of sp³-hybridized carbons (Fsp3) is 0.353. The predicted molar refractivity (Wildman–Crippen MR) is 96.3 cm³/mol. The summed E-state index contributed by atoms with van der Waals surface area (Å²) in [6.45, 7) is 3.86. The Morgan fingerprint density at radius 2 is 2.12 bits per heavy atom. The van der Waals surface area contributed by atoms with Crippen molar-refractivity contribution in [2.75, 3.05) is 6.54 Å². The monoisotopic (exact) mass is 364 g/mol. The highest BCUT2D eigenvalue weighted by molar-refractivity contribution is 7.98. The summed E-state index contributed by atoms with van der Waals surface area (Å²) in [5.41, 5.74) is 3.40. The first-order valence-electron chi connectivity index (χ1n) is 7.63. The van der Waals surface area contributed by atoms with Gasteiger partial charge in [-0.25, -0.2) is 4.98 Å². The van der Waals surface area contributed by atoms with Crippen LogP contribution in [0.2, 0.25) is 0 Å². The number of carbonyl (C=O) groups is 2. The van der Waals surface area contributed by atoms with Gasteiger partial charge in [-0.15, -0.1) is 23.1 Å². The number of rotatable bonds is 8. The first-order valence-corrected chi connectivity index (χ1v) is 9.55. The van der Waals surface area contributed by atoms with Gasteiger partial charge in [-0.2, -0.15) is 0 Å². The highest BCUT2D eigenvalue weighted by atomic mass is 32.2. The number of carbonyl (C=O) groups excluding carboxylic acids is 2. The predicted octanol–water partition coefficient (Wildman–Crippen LogP) is 3.51. The minimum Gasteiger partial charge on any atom is -0.463 e. The van der Waals surface area contributed by atoms with Crippen molar-refractivity contribution in [3.05, 3.63) is 46.4 Å². The number of aromatic nitrogens is 1. The van der Waals surface area contributed by atoms with Crippen LogP contribution in [0.15, 0.2) is 40.1 Å². The number of hydrogen-bond acceptors (Lipinski definition) is 6. The summed E-state index contributed by atoms with van der Waals surface area (Å²) in [5, 5.41) is 4.77. The van der Waals surface area contributed by atoms with E-state index in [0.29, 0.717) is 11.3 Å². The van der Waals surface area contributed by atoms with Crippen molar-refractivity contribution in [1.29, 1.82) is 0 Å². The van der Waals surface area contributed by atoms with Crippen LogP contribution in [-0.4, -0.2) is 29.5 Å². The molecule has 1 amide bonds. The minimum absolute atomic E-state index is 0.143. The second-order valence-electron chi connectivity index (χ2n) is 5.31. The van der Waals surface area contributed by atoms with Crippen molar-refractivity contribution in [2.24, 2.45) is 0 Å². The van der Waals surface area contributed by atoms with Crippen molar-refractivity contribution in [1.82, 2.24) is 10.3 Å². The molecule has 0 aliphatic rings. The Morgan fingerprint density at radius 3 is 2.83 bits per heavy atom. The standard InChI is InChI=1S/C17H20N2O3S2/c1-12(2)22-16(20)7-8-18-17(21)14-5-3-4-6-15(14)24-10-13-9-23-11-19-13/h3-6,9,11-12H,7-8,10H2,1-2H3,(H,18,21). The lowest BCUT2D eigenvalue weighted by Crippen LogP contribution is -2.27. The van der Waals surface area contributed by atoms with E-state index in [9.17, 15) is 9.59 Å². The molecule has 5 nitrogen and oxygen atoms in total. The third-order valence-corrected chi connectivity index (χ3v) is 4.71. The molecule has 0 bridgehead atoms. The molecule has 0 radical (unpaired) electrons. The molecule has 0 saturated heterocycles. The van der Waals surface area contributed by atoms with E-state index in [2.05, 4.69) is 10.3 Å². The highest BCUT2D eigenvalue weighted by Crippen LogP contribution is 2.26. The van der Waals surface area contributed by atoms with E-state index in [0.717, 1.165) is 10.6 Å². The molecule has 1 heterocycles. The van der Waals surface area contributed by atoms with Gasteiger partial charge in [0.05, 0.1) is 29.3 Å². The Bertz CT molecular complexity index is 672. The van der Waals surface area contributed by atoms with Crippen molar-refractivity contribution in [3.63, 3.8) is 0 Å². The van der Waals surface area contributed by atoms with Gasteiger partial charge < -0.3 is 10.1 Å². The average molecular weight is 364 g/mol. The lowest BCUT2D eigenvalue weighted by Gasteiger charge is -2.10. The number of hydrogen-bond donors (Lipinski definition) is 1. The molecule has 7 heteroatoms. The summed E-state index contributed by atoms with van der Waals surface area (Å²) in [7, 11) is 0. The minimum atomic E-state index is -0.309. The van der Waals surface area contributed by atoms with Crippen LogP contribution in [0.3, 0.4) is 0 Å². The molecule has 2 rings (SSSR count). The molecule has 0 fully saturated rings. The number of nitrogens with zero attached hydrogens (tertiary/aromatic N) is 1. The molecule has 2 aromatic rings. The van der Waals surface area contributed by atoms with Crippen LogP contribution in [0.25, 0.3) is 0 Å². The summed E-state index contributed by atoms with van der Waals surface area (Å²) in [5.74, 6) is 0.222. The molecule has 1 N–H and O–H groups in total. The molecule has 24 heavy (non-hydrogen) atoms. The Labute approximate surface area is 149 Å². The van der Waals surface area contributed by atoms with Gasteiger partial charge in [0.15, 0.2) is 0 Å². The summed E-state index contributed by atoms with van der Waals surface area (Å²) in [6, 6.07) is 7.43. The van der Waals surface area contributed by atoms with Gasteiger partial charge in [0.25, 0.3) is 5.91 Å². The molecular weight excluding hydrogens is 344 g/mol.